The molecule has 15 N–H and O–H groups in total. The van der Waals surface area contributed by atoms with Gasteiger partial charge in [-0.15, -0.1) is 0 Å². The average Bonchev–Trinajstić information content (AvgIpc) is 3.52. The minimum Gasteiger partial charge on any atom is -0.481 e. The molecule has 0 heterocycles. The molecule has 0 aliphatic rings. The first kappa shape index (κ1) is 69.6. The summed E-state index contributed by atoms with van der Waals surface area (Å²) in [7, 11) is 2.50. The molecule has 2 aromatic rings. The van der Waals surface area contributed by atoms with Gasteiger partial charge in [0.1, 0.15) is 54.4 Å². The summed E-state index contributed by atoms with van der Waals surface area (Å²) in [6, 6.07) is 3.63. The molecule has 452 valence electrons. The van der Waals surface area contributed by atoms with Gasteiger partial charge in [0, 0.05) is 33.5 Å². The number of primary amides is 1. The van der Waals surface area contributed by atoms with Crippen LogP contribution in [0.5, 0.6) is 0 Å². The van der Waals surface area contributed by atoms with Gasteiger partial charge in [0.05, 0.1) is 25.6 Å². The van der Waals surface area contributed by atoms with Crippen molar-refractivity contribution in [1.29, 1.82) is 0 Å². The number of hydrogen-bond donors (Lipinski definition) is 13. The number of amides is 11. The Kier molecular flexibility index (Phi) is 28.8. The van der Waals surface area contributed by atoms with Crippen LogP contribution in [0.25, 0.3) is 0 Å². The van der Waals surface area contributed by atoms with Gasteiger partial charge in [-0.1, -0.05) is 88.4 Å². The minimum atomic E-state index is -1.83. The summed E-state index contributed by atoms with van der Waals surface area (Å²) < 4.78 is 0. The van der Waals surface area contributed by atoms with Crippen LogP contribution in [0.15, 0.2) is 60.7 Å². The highest BCUT2D eigenvalue weighted by Crippen LogP contribution is 2.13. The highest BCUT2D eigenvalue weighted by molar-refractivity contribution is 5.99. The van der Waals surface area contributed by atoms with Crippen molar-refractivity contribution in [2.24, 2.45) is 23.3 Å². The number of likely N-dealkylation sites (N-methyl/N-ethyl adjacent to an activating group) is 2. The lowest BCUT2D eigenvalue weighted by molar-refractivity contribution is -0.147. The molecule has 0 saturated heterocycles. The number of carboxylic acids is 2. The molecule has 2 rings (SSSR count). The molecule has 0 aliphatic carbocycles. The van der Waals surface area contributed by atoms with Crippen LogP contribution in [0.4, 0.5) is 0 Å². The lowest BCUT2D eigenvalue weighted by Gasteiger charge is -2.30. The van der Waals surface area contributed by atoms with E-state index < -0.39 is 169 Å². The molecule has 0 spiro atoms. The van der Waals surface area contributed by atoms with Crippen molar-refractivity contribution in [3.63, 3.8) is 0 Å². The van der Waals surface area contributed by atoms with Gasteiger partial charge in [0.2, 0.25) is 65.0 Å². The largest absolute Gasteiger partial charge is 0.481 e. The van der Waals surface area contributed by atoms with Gasteiger partial charge < -0.3 is 79.3 Å². The molecule has 0 radical (unpaired) electrons. The fraction of sp³-hybridized carbons (Fsp3) is 0.537. The molecule has 0 bridgehead atoms. The number of rotatable bonds is 34. The molecule has 2 aromatic carbocycles. The molecular weight excluding hydrogens is 1070 g/mol. The zero-order chi connectivity index (χ0) is 62.1. The third kappa shape index (κ3) is 23.7. The number of carboxylic acid groups (broad SMARTS) is 2. The molecule has 0 aromatic heterocycles. The number of carbonyl (C=O) groups is 13. The van der Waals surface area contributed by atoms with Crippen LogP contribution in [0.1, 0.15) is 79.4 Å². The molecular formula is C54H81N13O15. The van der Waals surface area contributed by atoms with Gasteiger partial charge in [-0.25, -0.2) is 4.79 Å². The molecule has 0 fully saturated rings. The maximum Gasteiger partial charge on any atom is 0.327 e. The second-order valence-corrected chi connectivity index (χ2v) is 20.6. The Hall–Kier alpha value is -8.53. The fourth-order valence-corrected chi connectivity index (χ4v) is 7.95. The van der Waals surface area contributed by atoms with Gasteiger partial charge in [0.15, 0.2) is 0 Å². The normalized spacial score (nSPS) is 14.7. The van der Waals surface area contributed by atoms with Crippen LogP contribution >= 0.6 is 0 Å². The summed E-state index contributed by atoms with van der Waals surface area (Å²) in [5, 5.41) is 41.8. The summed E-state index contributed by atoms with van der Waals surface area (Å²) in [6.45, 7) is 10.7. The fourth-order valence-electron chi connectivity index (χ4n) is 7.95. The second kappa shape index (κ2) is 33.9. The van der Waals surface area contributed by atoms with Crippen molar-refractivity contribution in [3.8, 4) is 0 Å². The van der Waals surface area contributed by atoms with E-state index in [0.717, 1.165) is 16.8 Å². The first-order valence-corrected chi connectivity index (χ1v) is 26.5. The highest BCUT2D eigenvalue weighted by Gasteiger charge is 2.37. The third-order valence-corrected chi connectivity index (χ3v) is 12.8. The number of nitrogens with one attached hydrogen (secondary N) is 9. The van der Waals surface area contributed by atoms with E-state index in [1.807, 2.05) is 0 Å². The molecule has 0 unspecified atom stereocenters. The van der Waals surface area contributed by atoms with E-state index >= 15 is 0 Å². The van der Waals surface area contributed by atoms with E-state index in [-0.39, 0.29) is 25.2 Å². The topological polar surface area (TPSA) is 429 Å². The number of nitrogens with zero attached hydrogens (tertiary/aromatic N) is 2. The maximum absolute atomic E-state index is 14.1. The summed E-state index contributed by atoms with van der Waals surface area (Å²) in [6.07, 6.45) is -1.09. The molecule has 28 nitrogen and oxygen atoms in total. The molecule has 28 heteroatoms. The Morgan fingerprint density at radius 2 is 1.05 bits per heavy atom. The molecule has 0 saturated carbocycles. The van der Waals surface area contributed by atoms with Gasteiger partial charge in [-0.3, -0.25) is 57.5 Å². The zero-order valence-electron chi connectivity index (χ0n) is 47.9. The lowest BCUT2D eigenvalue weighted by atomic mass is 10.00. The monoisotopic (exact) mass is 1150 g/mol. The van der Waals surface area contributed by atoms with E-state index in [9.17, 15) is 72.5 Å². The number of nitrogens with two attached hydrogens (primary N) is 2. The summed E-state index contributed by atoms with van der Waals surface area (Å²) >= 11 is 0. The van der Waals surface area contributed by atoms with E-state index in [0.29, 0.717) is 11.1 Å². The van der Waals surface area contributed by atoms with Crippen LogP contribution in [0, 0.1) is 11.8 Å². The van der Waals surface area contributed by atoms with Crippen molar-refractivity contribution in [2.75, 3.05) is 33.7 Å². The first-order chi connectivity index (χ1) is 38.3. The molecule has 11 amide bonds. The Morgan fingerprint density at radius 3 is 1.56 bits per heavy atom. The predicted molar refractivity (Wildman–Crippen MR) is 297 cm³/mol. The van der Waals surface area contributed by atoms with Gasteiger partial charge >= 0.3 is 11.9 Å². The molecule has 0 aliphatic heterocycles. The van der Waals surface area contributed by atoms with Crippen molar-refractivity contribution >= 4 is 76.9 Å². The number of hydrogen-bond acceptors (Lipinski definition) is 15. The number of carbonyl (C=O) groups excluding carboxylic acids is 11. The lowest BCUT2D eigenvalue weighted by Crippen LogP contribution is -2.61. The Morgan fingerprint density at radius 1 is 0.524 bits per heavy atom. The second-order valence-electron chi connectivity index (χ2n) is 20.6. The van der Waals surface area contributed by atoms with E-state index in [1.54, 1.807) is 88.4 Å². The van der Waals surface area contributed by atoms with Crippen molar-refractivity contribution in [1.82, 2.24) is 57.7 Å². The summed E-state index contributed by atoms with van der Waals surface area (Å²) in [5.74, 6) is -13.0. The Bertz CT molecular complexity index is 2570. The van der Waals surface area contributed by atoms with Crippen LogP contribution in [-0.4, -0.2) is 191 Å². The number of aliphatic carboxylic acids is 2. The standard InChI is InChI=1S/C54H81N13O15/c1-28(2)21-36(61-42(69)27-58-50(77)40(23-35-19-15-12-16-20-35)67(10)52(79)32(7)60-45(72)30(5)55)48(75)59-31(6)46(73)65-44(29(3)4)51(78)62-37(22-34-17-13-11-14-18-34)49(76)63-38(24-43(70)71)53(80)66(9)33(8)47(74)64-39(54(81)82)25-57-26-41(56)68/h11-20,28-33,36-40,44,57H,21-27,55H2,1-10H3,(H2,56,68)(H,58,77)(H,59,75)(H,60,72)(H,61,69)(H,62,78)(H,63,76)(H,64,74)(H,65,73)(H,70,71)(H,81,82)/t30-,31-,32-,33-,36-,37-,38-,39-,40-,44-/m0/s1. The predicted octanol–water partition coefficient (Wildman–Crippen LogP) is -3.62. The van der Waals surface area contributed by atoms with E-state index in [4.69, 9.17) is 11.5 Å². The number of benzene rings is 2. The average molecular weight is 1150 g/mol. The Labute approximate surface area is 476 Å². The third-order valence-electron chi connectivity index (χ3n) is 12.8. The zero-order valence-corrected chi connectivity index (χ0v) is 47.9. The molecule has 82 heavy (non-hydrogen) atoms. The van der Waals surface area contributed by atoms with Crippen LogP contribution in [-0.2, 0) is 75.2 Å². The quantitative estimate of drug-likeness (QED) is 0.0322. The highest BCUT2D eigenvalue weighted by atomic mass is 16.4. The van der Waals surface area contributed by atoms with Gasteiger partial charge in [-0.2, -0.15) is 0 Å². The summed E-state index contributed by atoms with van der Waals surface area (Å²) in [5.41, 5.74) is 11.9. The van der Waals surface area contributed by atoms with Crippen LogP contribution < -0.4 is 59.3 Å². The summed E-state index contributed by atoms with van der Waals surface area (Å²) in [4.78, 5) is 173. The maximum atomic E-state index is 14.1. The smallest absolute Gasteiger partial charge is 0.327 e. The minimum absolute atomic E-state index is 0.0366. The molecule has 10 atom stereocenters. The van der Waals surface area contributed by atoms with E-state index in [1.165, 1.54) is 34.7 Å². The first-order valence-electron chi connectivity index (χ1n) is 26.5. The van der Waals surface area contributed by atoms with Crippen LogP contribution in [0.3, 0.4) is 0 Å². The van der Waals surface area contributed by atoms with Crippen molar-refractivity contribution < 1.29 is 72.5 Å². The van der Waals surface area contributed by atoms with Crippen LogP contribution in [0.2, 0.25) is 0 Å². The van der Waals surface area contributed by atoms with Gasteiger partial charge in [-0.05, 0) is 57.1 Å². The van der Waals surface area contributed by atoms with E-state index in [2.05, 4.69) is 47.9 Å². The van der Waals surface area contributed by atoms with Gasteiger partial charge in [0.25, 0.3) is 0 Å². The van der Waals surface area contributed by atoms with Crippen molar-refractivity contribution in [2.45, 2.75) is 141 Å². The van der Waals surface area contributed by atoms with Crippen molar-refractivity contribution in [3.05, 3.63) is 71.8 Å². The SMILES string of the molecule is CC(C)C[C@H](NC(=O)CNC(=O)[C@H](Cc1ccccc1)N(C)C(=O)[C@H](C)NC(=O)[C@H](C)N)C(=O)N[C@@H](C)C(=O)N[C@H](C(=O)N[C@@H](Cc1ccccc1)C(=O)N[C@@H](CC(=O)O)C(=O)N(C)[C@@H](C)C(=O)N[C@@H](CNCC(N)=O)C(=O)O)C(C)C. The Balaban J connectivity index is 2.27.